The predicted octanol–water partition coefficient (Wildman–Crippen LogP) is 5.74. The van der Waals surface area contributed by atoms with E-state index in [4.69, 9.17) is 25.2 Å². The van der Waals surface area contributed by atoms with Crippen LogP contribution >= 0.6 is 0 Å². The van der Waals surface area contributed by atoms with Crippen molar-refractivity contribution in [3.8, 4) is 11.5 Å². The van der Waals surface area contributed by atoms with Gasteiger partial charge in [-0.2, -0.15) is 0 Å². The molecule has 0 saturated heterocycles. The maximum absolute atomic E-state index is 10.7. The number of aryl methyl sites for hydroxylation is 2. The molecule has 198 valence electrons. The number of carboxylic acids is 4. The van der Waals surface area contributed by atoms with Gasteiger partial charge in [-0.3, -0.25) is 0 Å². The van der Waals surface area contributed by atoms with Gasteiger partial charge in [0.25, 0.3) is 0 Å². The van der Waals surface area contributed by atoms with E-state index in [9.17, 15) is 19.2 Å². The molecule has 0 saturated carbocycles. The van der Waals surface area contributed by atoms with Crippen molar-refractivity contribution < 1.29 is 44.3 Å². The Hall–Kier alpha value is -5.44. The minimum atomic E-state index is -1.00. The Morgan fingerprint density at radius 2 is 0.641 bits per heavy atom. The zero-order chi connectivity index (χ0) is 28.4. The molecular weight excluding hydrogens is 504 g/mol. The molecule has 0 heterocycles. The maximum Gasteiger partial charge on any atom is 0.335 e. The molecule has 0 fully saturated rings. The van der Waals surface area contributed by atoms with Crippen molar-refractivity contribution in [2.45, 2.75) is 12.8 Å². The van der Waals surface area contributed by atoms with Gasteiger partial charge in [-0.15, -0.1) is 0 Å². The SMILES string of the molecule is O=C(O)c1ccc(CCc2ccc(C(=O)O)cc2)cc1.O=C(O)c1ccc(Oc2ccc(C(=O)O)cc2)cc1. The number of ether oxygens (including phenoxy) is 1. The fourth-order valence-electron chi connectivity index (χ4n) is 3.38. The van der Waals surface area contributed by atoms with Gasteiger partial charge in [-0.1, -0.05) is 24.3 Å². The first kappa shape index (κ1) is 28.1. The Morgan fingerprint density at radius 1 is 0.410 bits per heavy atom. The highest BCUT2D eigenvalue weighted by Crippen LogP contribution is 2.22. The van der Waals surface area contributed by atoms with Crippen LogP contribution in [0.15, 0.2) is 97.1 Å². The van der Waals surface area contributed by atoms with E-state index < -0.39 is 23.9 Å². The maximum atomic E-state index is 10.7. The molecular formula is C30H24O9. The fourth-order valence-corrected chi connectivity index (χ4v) is 3.38. The summed E-state index contributed by atoms with van der Waals surface area (Å²) in [5.41, 5.74) is 3.01. The number of aromatic carboxylic acids is 4. The Bertz CT molecular complexity index is 1330. The van der Waals surface area contributed by atoms with E-state index in [2.05, 4.69) is 0 Å². The lowest BCUT2D eigenvalue weighted by atomic mass is 10.0. The Kier molecular flexibility index (Phi) is 9.53. The highest BCUT2D eigenvalue weighted by molar-refractivity contribution is 5.89. The highest BCUT2D eigenvalue weighted by atomic mass is 16.5. The van der Waals surface area contributed by atoms with Gasteiger partial charge in [0.15, 0.2) is 0 Å². The normalized spacial score (nSPS) is 10.1. The van der Waals surface area contributed by atoms with Crippen LogP contribution in [0.2, 0.25) is 0 Å². The summed E-state index contributed by atoms with van der Waals surface area (Å²) in [6.07, 6.45) is 1.57. The van der Waals surface area contributed by atoms with Crippen LogP contribution in [-0.4, -0.2) is 44.3 Å². The monoisotopic (exact) mass is 528 g/mol. The van der Waals surface area contributed by atoms with Crippen LogP contribution in [0.3, 0.4) is 0 Å². The Balaban J connectivity index is 0.000000216. The molecule has 9 heteroatoms. The molecule has 4 N–H and O–H groups in total. The second-order valence-corrected chi connectivity index (χ2v) is 8.27. The van der Waals surface area contributed by atoms with Gasteiger partial charge in [0, 0.05) is 0 Å². The van der Waals surface area contributed by atoms with Crippen LogP contribution < -0.4 is 4.74 Å². The molecule has 0 aliphatic carbocycles. The number of carbonyl (C=O) groups is 4. The second-order valence-electron chi connectivity index (χ2n) is 8.27. The fraction of sp³-hybridized carbons (Fsp3) is 0.0667. The minimum Gasteiger partial charge on any atom is -0.478 e. The molecule has 4 aromatic carbocycles. The summed E-state index contributed by atoms with van der Waals surface area (Å²) in [7, 11) is 0. The molecule has 0 bridgehead atoms. The van der Waals surface area contributed by atoms with E-state index in [0.29, 0.717) is 11.5 Å². The third-order valence-electron chi connectivity index (χ3n) is 5.54. The number of hydrogen-bond donors (Lipinski definition) is 4. The molecule has 0 aliphatic heterocycles. The van der Waals surface area contributed by atoms with Gasteiger partial charge in [0.2, 0.25) is 0 Å². The topological polar surface area (TPSA) is 158 Å². The van der Waals surface area contributed by atoms with Crippen molar-refractivity contribution in [2.75, 3.05) is 0 Å². The predicted molar refractivity (Wildman–Crippen MR) is 141 cm³/mol. The standard InChI is InChI=1S/C16H14O4.C14H10O5/c17-15(18)13-7-3-11(4-8-13)1-2-12-5-9-14(10-6-12)16(19)20;15-13(16)9-1-5-11(6-2-9)19-12-7-3-10(4-8-12)14(17)18/h3-10H,1-2H2,(H,17,18)(H,19,20);1-8H,(H,15,16)(H,17,18). The second kappa shape index (κ2) is 13.2. The first-order valence-corrected chi connectivity index (χ1v) is 11.6. The van der Waals surface area contributed by atoms with Gasteiger partial charge >= 0.3 is 23.9 Å². The lowest BCUT2D eigenvalue weighted by Crippen LogP contribution is -1.98. The van der Waals surface area contributed by atoms with Crippen LogP contribution in [0.1, 0.15) is 52.6 Å². The smallest absolute Gasteiger partial charge is 0.335 e. The summed E-state index contributed by atoms with van der Waals surface area (Å²) in [4.78, 5) is 42.8. The zero-order valence-electron chi connectivity index (χ0n) is 20.5. The summed E-state index contributed by atoms with van der Waals surface area (Å²) in [5, 5.41) is 35.1. The molecule has 0 radical (unpaired) electrons. The van der Waals surface area contributed by atoms with Crippen molar-refractivity contribution in [1.29, 1.82) is 0 Å². The van der Waals surface area contributed by atoms with Crippen LogP contribution in [0.25, 0.3) is 0 Å². The summed E-state index contributed by atoms with van der Waals surface area (Å²) in [6, 6.07) is 25.4. The largest absolute Gasteiger partial charge is 0.478 e. The van der Waals surface area contributed by atoms with E-state index in [0.717, 1.165) is 24.0 Å². The molecule has 0 aliphatic rings. The van der Waals surface area contributed by atoms with E-state index in [1.54, 1.807) is 48.5 Å². The number of hydrogen-bond acceptors (Lipinski definition) is 5. The van der Waals surface area contributed by atoms with Gasteiger partial charge in [-0.05, 0) is 96.8 Å². The van der Waals surface area contributed by atoms with Gasteiger partial charge in [0.05, 0.1) is 22.3 Å². The Morgan fingerprint density at radius 3 is 0.872 bits per heavy atom. The lowest BCUT2D eigenvalue weighted by molar-refractivity contribution is 0.0686. The molecule has 0 atom stereocenters. The average Bonchev–Trinajstić information content (AvgIpc) is 2.93. The molecule has 4 aromatic rings. The summed E-state index contributed by atoms with van der Waals surface area (Å²) < 4.78 is 5.46. The van der Waals surface area contributed by atoms with Crippen molar-refractivity contribution in [3.05, 3.63) is 130 Å². The van der Waals surface area contributed by atoms with E-state index in [-0.39, 0.29) is 22.3 Å². The molecule has 39 heavy (non-hydrogen) atoms. The average molecular weight is 529 g/mol. The van der Waals surface area contributed by atoms with Gasteiger partial charge in [0.1, 0.15) is 11.5 Å². The summed E-state index contributed by atoms with van der Waals surface area (Å²) >= 11 is 0. The van der Waals surface area contributed by atoms with E-state index in [1.807, 2.05) is 0 Å². The summed E-state index contributed by atoms with van der Waals surface area (Å²) in [6.45, 7) is 0. The first-order valence-electron chi connectivity index (χ1n) is 11.6. The zero-order valence-corrected chi connectivity index (χ0v) is 20.5. The van der Waals surface area contributed by atoms with Gasteiger partial charge < -0.3 is 25.2 Å². The molecule has 0 aromatic heterocycles. The van der Waals surface area contributed by atoms with Crippen LogP contribution in [0.5, 0.6) is 11.5 Å². The van der Waals surface area contributed by atoms with Crippen molar-refractivity contribution >= 4 is 23.9 Å². The minimum absolute atomic E-state index is 0.175. The third-order valence-corrected chi connectivity index (χ3v) is 5.54. The quantitative estimate of drug-likeness (QED) is 0.212. The molecule has 9 nitrogen and oxygen atoms in total. The Labute approximate surface area is 223 Å². The van der Waals surface area contributed by atoms with E-state index >= 15 is 0 Å². The van der Waals surface area contributed by atoms with Crippen LogP contribution in [0.4, 0.5) is 0 Å². The number of benzene rings is 4. The number of carboxylic acid groups (broad SMARTS) is 4. The first-order chi connectivity index (χ1) is 18.6. The van der Waals surface area contributed by atoms with Crippen molar-refractivity contribution in [1.82, 2.24) is 0 Å². The van der Waals surface area contributed by atoms with Gasteiger partial charge in [-0.25, -0.2) is 19.2 Å². The van der Waals surface area contributed by atoms with Crippen LogP contribution in [-0.2, 0) is 12.8 Å². The van der Waals surface area contributed by atoms with Crippen molar-refractivity contribution in [2.24, 2.45) is 0 Å². The molecule has 0 spiro atoms. The lowest BCUT2D eigenvalue weighted by Gasteiger charge is -2.06. The third kappa shape index (κ3) is 8.57. The summed E-state index contributed by atoms with van der Waals surface area (Å²) in [5.74, 6) is -2.91. The van der Waals surface area contributed by atoms with Crippen molar-refractivity contribution in [3.63, 3.8) is 0 Å². The van der Waals surface area contributed by atoms with Crippen LogP contribution in [0, 0.1) is 0 Å². The molecule has 0 unspecified atom stereocenters. The molecule has 0 amide bonds. The number of rotatable bonds is 9. The van der Waals surface area contributed by atoms with E-state index in [1.165, 1.54) is 48.5 Å². The highest BCUT2D eigenvalue weighted by Gasteiger charge is 2.06. The molecule has 4 rings (SSSR count).